The molecule has 0 N–H and O–H groups in total. The Hall–Kier alpha value is -0.870. The van der Waals surface area contributed by atoms with E-state index in [4.69, 9.17) is 16.3 Å². The second kappa shape index (κ2) is 5.02. The first-order valence-electron chi connectivity index (χ1n) is 6.31. The van der Waals surface area contributed by atoms with E-state index in [2.05, 4.69) is 16.9 Å². The molecule has 0 radical (unpaired) electrons. The van der Waals surface area contributed by atoms with E-state index in [9.17, 15) is 0 Å². The van der Waals surface area contributed by atoms with Crippen molar-refractivity contribution in [1.29, 1.82) is 0 Å². The lowest BCUT2D eigenvalue weighted by Crippen LogP contribution is -2.28. The van der Waals surface area contributed by atoms with E-state index in [-0.39, 0.29) is 11.4 Å². The molecule has 0 bridgehead atoms. The first-order chi connectivity index (χ1) is 8.74. The van der Waals surface area contributed by atoms with E-state index in [1.807, 2.05) is 11.4 Å². The van der Waals surface area contributed by atoms with E-state index in [0.29, 0.717) is 11.8 Å². The van der Waals surface area contributed by atoms with E-state index in [0.717, 1.165) is 16.6 Å². The van der Waals surface area contributed by atoms with Crippen LogP contribution in [-0.2, 0) is 0 Å². The highest BCUT2D eigenvalue weighted by Gasteiger charge is 2.24. The molecule has 2 unspecified atom stereocenters. The van der Waals surface area contributed by atoms with Crippen LogP contribution in [0.1, 0.15) is 32.6 Å². The number of ether oxygens (including phenoxy) is 1. The fourth-order valence-corrected chi connectivity index (χ4v) is 3.46. The van der Waals surface area contributed by atoms with Gasteiger partial charge in [-0.25, -0.2) is 4.98 Å². The predicted octanol–water partition coefficient (Wildman–Crippen LogP) is 4.30. The van der Waals surface area contributed by atoms with E-state index >= 15 is 0 Å². The van der Waals surface area contributed by atoms with Gasteiger partial charge in [0.1, 0.15) is 10.9 Å². The molecule has 1 saturated carbocycles. The minimum atomic E-state index is 0.257. The molecule has 1 aliphatic carbocycles. The fraction of sp³-hybridized carbons (Fsp3) is 0.538. The van der Waals surface area contributed by atoms with Gasteiger partial charge in [-0.3, -0.25) is 0 Å². The van der Waals surface area contributed by atoms with Gasteiger partial charge in [0.05, 0.1) is 5.39 Å². The molecular formula is C13H15ClN2OS. The van der Waals surface area contributed by atoms with Crippen LogP contribution in [0.15, 0.2) is 11.4 Å². The van der Waals surface area contributed by atoms with Gasteiger partial charge in [-0.05, 0) is 48.2 Å². The maximum absolute atomic E-state index is 6.09. The number of fused-ring (bicyclic) bond motifs is 1. The SMILES string of the molecule is CC1CCCCC1Oc1nc(Cl)nc2sccc12. The van der Waals surface area contributed by atoms with E-state index < -0.39 is 0 Å². The third-order valence-corrected chi connectivity index (χ3v) is 4.53. The zero-order valence-corrected chi connectivity index (χ0v) is 11.8. The summed E-state index contributed by atoms with van der Waals surface area (Å²) in [5.74, 6) is 1.23. The van der Waals surface area contributed by atoms with Gasteiger partial charge in [-0.2, -0.15) is 4.98 Å². The quantitative estimate of drug-likeness (QED) is 0.770. The number of rotatable bonds is 2. The van der Waals surface area contributed by atoms with Crippen molar-refractivity contribution in [2.24, 2.45) is 5.92 Å². The Morgan fingerprint density at radius 2 is 2.17 bits per heavy atom. The lowest BCUT2D eigenvalue weighted by atomic mass is 9.88. The minimum absolute atomic E-state index is 0.257. The van der Waals surface area contributed by atoms with Crippen LogP contribution in [0.4, 0.5) is 0 Å². The van der Waals surface area contributed by atoms with Crippen LogP contribution in [0.2, 0.25) is 5.28 Å². The van der Waals surface area contributed by atoms with Crippen molar-refractivity contribution in [3.63, 3.8) is 0 Å². The van der Waals surface area contributed by atoms with Crippen molar-refractivity contribution < 1.29 is 4.74 Å². The normalized spacial score (nSPS) is 24.3. The molecule has 18 heavy (non-hydrogen) atoms. The summed E-state index contributed by atoms with van der Waals surface area (Å²) in [5, 5.41) is 3.23. The summed E-state index contributed by atoms with van der Waals surface area (Å²) in [6, 6.07) is 2.00. The van der Waals surface area contributed by atoms with Gasteiger partial charge in [0.15, 0.2) is 0 Å². The first-order valence-corrected chi connectivity index (χ1v) is 7.57. The number of hydrogen-bond acceptors (Lipinski definition) is 4. The van der Waals surface area contributed by atoms with Crippen LogP contribution in [-0.4, -0.2) is 16.1 Å². The third-order valence-electron chi connectivity index (χ3n) is 3.56. The highest BCUT2D eigenvalue weighted by Crippen LogP contribution is 2.32. The molecule has 2 heterocycles. The molecule has 2 aromatic rings. The molecule has 5 heteroatoms. The van der Waals surface area contributed by atoms with Crippen molar-refractivity contribution in [1.82, 2.24) is 9.97 Å². The second-order valence-electron chi connectivity index (χ2n) is 4.86. The number of nitrogens with zero attached hydrogens (tertiary/aromatic N) is 2. The molecule has 2 atom stereocenters. The molecule has 2 aromatic heterocycles. The van der Waals surface area contributed by atoms with Crippen molar-refractivity contribution in [3.05, 3.63) is 16.7 Å². The number of halogens is 1. The summed E-state index contributed by atoms with van der Waals surface area (Å²) in [6.45, 7) is 2.25. The smallest absolute Gasteiger partial charge is 0.227 e. The Morgan fingerprint density at radius 1 is 1.33 bits per heavy atom. The molecule has 96 valence electrons. The van der Waals surface area contributed by atoms with Gasteiger partial charge in [-0.1, -0.05) is 13.3 Å². The molecule has 0 saturated heterocycles. The molecule has 0 spiro atoms. The van der Waals surface area contributed by atoms with Crippen molar-refractivity contribution in [2.75, 3.05) is 0 Å². The number of aromatic nitrogens is 2. The van der Waals surface area contributed by atoms with Gasteiger partial charge in [0.2, 0.25) is 11.2 Å². The highest BCUT2D eigenvalue weighted by atomic mass is 35.5. The lowest BCUT2D eigenvalue weighted by molar-refractivity contribution is 0.0993. The zero-order chi connectivity index (χ0) is 12.5. The maximum atomic E-state index is 6.09. The molecule has 3 rings (SSSR count). The standard InChI is InChI=1S/C13H15ClN2OS/c1-8-4-2-3-5-10(8)17-11-9-6-7-18-12(9)16-13(14)15-11/h6-8,10H,2-5H2,1H3. The summed E-state index contributed by atoms with van der Waals surface area (Å²) in [5.41, 5.74) is 0. The highest BCUT2D eigenvalue weighted by molar-refractivity contribution is 7.16. The van der Waals surface area contributed by atoms with Crippen LogP contribution < -0.4 is 4.74 Å². The van der Waals surface area contributed by atoms with Crippen molar-refractivity contribution in [2.45, 2.75) is 38.7 Å². The van der Waals surface area contributed by atoms with Crippen LogP contribution in [0.25, 0.3) is 10.2 Å². The Morgan fingerprint density at radius 3 is 3.00 bits per heavy atom. The van der Waals surface area contributed by atoms with Gasteiger partial charge in [0.25, 0.3) is 0 Å². The predicted molar refractivity (Wildman–Crippen MR) is 74.5 cm³/mol. The zero-order valence-electron chi connectivity index (χ0n) is 10.2. The van der Waals surface area contributed by atoms with Crippen molar-refractivity contribution in [3.8, 4) is 5.88 Å². The van der Waals surface area contributed by atoms with Gasteiger partial charge < -0.3 is 4.74 Å². The summed E-state index contributed by atoms with van der Waals surface area (Å²) in [4.78, 5) is 9.34. The van der Waals surface area contributed by atoms with E-state index in [1.165, 1.54) is 19.3 Å². The topological polar surface area (TPSA) is 35.0 Å². The largest absolute Gasteiger partial charge is 0.473 e. The second-order valence-corrected chi connectivity index (χ2v) is 6.09. The van der Waals surface area contributed by atoms with E-state index in [1.54, 1.807) is 11.3 Å². The molecule has 0 aliphatic heterocycles. The average Bonchev–Trinajstić information content (AvgIpc) is 2.80. The molecule has 3 nitrogen and oxygen atoms in total. The van der Waals surface area contributed by atoms with Gasteiger partial charge >= 0.3 is 0 Å². The van der Waals surface area contributed by atoms with Gasteiger partial charge in [0, 0.05) is 0 Å². The molecule has 0 amide bonds. The Labute approximate surface area is 115 Å². The molecule has 1 aliphatic rings. The van der Waals surface area contributed by atoms with Crippen LogP contribution >= 0.6 is 22.9 Å². The Balaban J connectivity index is 1.91. The van der Waals surface area contributed by atoms with Gasteiger partial charge in [-0.15, -0.1) is 11.3 Å². The summed E-state index contributed by atoms with van der Waals surface area (Å²) < 4.78 is 6.09. The molecule has 0 aromatic carbocycles. The Bertz CT molecular complexity index is 557. The lowest BCUT2D eigenvalue weighted by Gasteiger charge is -2.28. The first kappa shape index (κ1) is 12.2. The maximum Gasteiger partial charge on any atom is 0.227 e. The molecular weight excluding hydrogens is 268 g/mol. The third kappa shape index (κ3) is 2.31. The minimum Gasteiger partial charge on any atom is -0.473 e. The fourth-order valence-electron chi connectivity index (χ4n) is 2.49. The molecule has 1 fully saturated rings. The Kier molecular flexibility index (Phi) is 3.39. The van der Waals surface area contributed by atoms with Crippen LogP contribution in [0, 0.1) is 5.92 Å². The van der Waals surface area contributed by atoms with Crippen LogP contribution in [0.3, 0.4) is 0 Å². The summed E-state index contributed by atoms with van der Waals surface area (Å²) >= 11 is 7.50. The van der Waals surface area contributed by atoms with Crippen molar-refractivity contribution >= 4 is 33.2 Å². The number of thiophene rings is 1. The summed E-state index contributed by atoms with van der Waals surface area (Å²) in [7, 11) is 0. The number of hydrogen-bond donors (Lipinski definition) is 0. The monoisotopic (exact) mass is 282 g/mol. The average molecular weight is 283 g/mol. The summed E-state index contributed by atoms with van der Waals surface area (Å²) in [6.07, 6.45) is 5.14. The van der Waals surface area contributed by atoms with Crippen LogP contribution in [0.5, 0.6) is 5.88 Å².